The third kappa shape index (κ3) is 99.6. The highest BCUT2D eigenvalue weighted by atomic mass is 16.6. The molecular formula is C2H8N2O5. The van der Waals surface area contributed by atoms with Gasteiger partial charge in [-0.25, -0.2) is 0 Å². The van der Waals surface area contributed by atoms with Gasteiger partial charge in [0.15, 0.2) is 14.0 Å². The van der Waals surface area contributed by atoms with E-state index in [4.69, 9.17) is 17.1 Å². The monoisotopic (exact) mass is 145 g/mol. The summed E-state index contributed by atoms with van der Waals surface area (Å²) in [6, 6.07) is 0. The molecule has 0 fully saturated rings. The first-order valence-corrected chi connectivity index (χ1v) is 1.40. The van der Waals surface area contributed by atoms with Crippen molar-refractivity contribution in [3.63, 3.8) is 0 Å². The Labute approximate surface area is 58.1 Å². The van der Waals surface area contributed by atoms with Crippen molar-refractivity contribution in [3.8, 4) is 0 Å². The Bertz CT molecular complexity index is 166. The highest BCUT2D eigenvalue weighted by molar-refractivity contribution is 3.91. The summed E-state index contributed by atoms with van der Waals surface area (Å²) in [5.74, 6) is 0. The zero-order valence-corrected chi connectivity index (χ0v) is 4.44. The Kier molecular flexibility index (Phi) is 4.09. The molecule has 0 heterocycles. The third-order valence-corrected chi connectivity index (χ3v) is 0. The maximum Gasteiger partial charge on any atom is 0.206 e. The minimum Gasteiger partial charge on any atom is -0.412 e. The standard InChI is InChI=1S/2CH3NO2.H2O/c2*1-2(3)4;/h2*1H3;1H2/i1D3;;/hD2. The first-order chi connectivity index (χ1) is 6.09. The average Bonchev–Trinajstić information content (AvgIpc) is 1.84. The Morgan fingerprint density at radius 2 is 1.67 bits per heavy atom. The second-order valence-electron chi connectivity index (χ2n) is 0.697. The van der Waals surface area contributed by atoms with Gasteiger partial charge in [-0.1, -0.05) is 0 Å². The van der Waals surface area contributed by atoms with Gasteiger partial charge >= 0.3 is 0 Å². The van der Waals surface area contributed by atoms with E-state index < -0.39 is 16.8 Å². The average molecular weight is 145 g/mol. The minimum atomic E-state index is -3.03. The third-order valence-electron chi connectivity index (χ3n) is 0. The van der Waals surface area contributed by atoms with Crippen LogP contribution in [0.25, 0.3) is 0 Å². The van der Waals surface area contributed by atoms with Crippen LogP contribution in [0.2, 0.25) is 0 Å². The molecule has 0 radical (unpaired) electrons. The molecule has 0 aromatic rings. The number of nitro groups is 2. The normalized spacial score (nSPS) is 14.1. The fraction of sp³-hybridized carbons (Fsp3) is 1.00. The van der Waals surface area contributed by atoms with Gasteiger partial charge in [-0.2, -0.15) is 0 Å². The lowest BCUT2D eigenvalue weighted by molar-refractivity contribution is -0.445. The van der Waals surface area contributed by atoms with Gasteiger partial charge in [0.2, 0.25) is 2.86 Å². The molecule has 0 bridgehead atoms. The summed E-state index contributed by atoms with van der Waals surface area (Å²) in [6.45, 7) is -3.03. The number of rotatable bonds is 0. The molecule has 0 amide bonds. The molecule has 0 aliphatic heterocycles. The van der Waals surface area contributed by atoms with Gasteiger partial charge in [0.1, 0.15) is 4.11 Å². The van der Waals surface area contributed by atoms with Crippen molar-refractivity contribution in [1.82, 2.24) is 0 Å². The molecule has 0 aromatic carbocycles. The first-order valence-electron chi connectivity index (χ1n) is 3.72. The van der Waals surface area contributed by atoms with Gasteiger partial charge in [0.25, 0.3) is 0 Å². The fourth-order valence-corrected chi connectivity index (χ4v) is 0. The smallest absolute Gasteiger partial charge is 0.206 e. The molecule has 0 aromatic heterocycles. The summed E-state index contributed by atoms with van der Waals surface area (Å²) in [4.78, 5) is 16.3. The second kappa shape index (κ2) is 9.90. The molecule has 0 saturated heterocycles. The quantitative estimate of drug-likeness (QED) is 0.319. The van der Waals surface area contributed by atoms with E-state index in [1.807, 2.05) is 0 Å². The fourth-order valence-electron chi connectivity index (χ4n) is 0. The van der Waals surface area contributed by atoms with Crippen LogP contribution in [0.5, 0.6) is 0 Å². The van der Waals surface area contributed by atoms with E-state index in [1.54, 1.807) is 0 Å². The first kappa shape index (κ1) is 3.72. The van der Waals surface area contributed by atoms with Crippen molar-refractivity contribution in [2.45, 2.75) is 0 Å². The zero-order chi connectivity index (χ0) is 12.4. The Morgan fingerprint density at radius 1 is 1.56 bits per heavy atom. The second-order valence-corrected chi connectivity index (χ2v) is 0.697. The summed E-state index contributed by atoms with van der Waals surface area (Å²) >= 11 is 0. The van der Waals surface area contributed by atoms with E-state index in [-0.39, 0.29) is 0 Å². The van der Waals surface area contributed by atoms with Crippen LogP contribution in [-0.4, -0.2) is 32.2 Å². The molecule has 0 saturated carbocycles. The van der Waals surface area contributed by atoms with E-state index in [2.05, 4.69) is 5.48 Å². The van der Waals surface area contributed by atoms with E-state index in [9.17, 15) is 10.1 Å². The van der Waals surface area contributed by atoms with E-state index in [1.165, 1.54) is 0 Å². The Hall–Kier alpha value is -1.24. The Morgan fingerprint density at radius 3 is 1.67 bits per heavy atom. The van der Waals surface area contributed by atoms with Gasteiger partial charge in [-0.3, -0.25) is 20.2 Å². The van der Waals surface area contributed by atoms with Crippen LogP contribution in [0, 0.1) is 20.2 Å². The summed E-state index contributed by atoms with van der Waals surface area (Å²) in [7, 11) is 0.889. The lowest BCUT2D eigenvalue weighted by Gasteiger charge is -1.63. The van der Waals surface area contributed by atoms with Crippen molar-refractivity contribution in [2.24, 2.45) is 0 Å². The van der Waals surface area contributed by atoms with Crippen molar-refractivity contribution in [1.29, 1.82) is 2.86 Å². The lowest BCUT2D eigenvalue weighted by Crippen LogP contribution is -1.79. The molecule has 0 aliphatic rings. The molecule has 7 heteroatoms. The Balaban J connectivity index is -0.000000147. The summed E-state index contributed by atoms with van der Waals surface area (Å²) < 4.78 is 28.8. The van der Waals surface area contributed by atoms with Gasteiger partial charge in [-0.05, 0) is 0 Å². The van der Waals surface area contributed by atoms with E-state index >= 15 is 0 Å². The van der Waals surface area contributed by atoms with Crippen LogP contribution in [0.15, 0.2) is 0 Å². The minimum absolute atomic E-state index is 0.500. The predicted octanol–water partition coefficient (Wildman–Crippen LogP) is -1.04. The number of hydrogen-bond donors (Lipinski definition) is 0. The largest absolute Gasteiger partial charge is 0.412 e. The van der Waals surface area contributed by atoms with Gasteiger partial charge in [0, 0.05) is 9.85 Å². The van der Waals surface area contributed by atoms with Crippen LogP contribution in [0.4, 0.5) is 0 Å². The van der Waals surface area contributed by atoms with Crippen molar-refractivity contribution < 1.29 is 19.4 Å². The van der Waals surface area contributed by atoms with Crippen LogP contribution in [-0.2, 0) is 0 Å². The van der Waals surface area contributed by atoms with Crippen molar-refractivity contribution in [2.75, 3.05) is 14.0 Å². The molecule has 56 valence electrons. The topological polar surface area (TPSA) is 118 Å². The molecule has 0 rings (SSSR count). The SMILES string of the molecule is C[N+](=O)[O-].[2H]C([2H])([2H])[N+](=O)[O-].[2H]O[2H]. The van der Waals surface area contributed by atoms with Crippen LogP contribution in [0.3, 0.4) is 0 Å². The molecule has 0 spiro atoms. The number of nitrogens with zero attached hydrogens (tertiary/aromatic N) is 2. The van der Waals surface area contributed by atoms with Crippen molar-refractivity contribution in [3.05, 3.63) is 20.2 Å². The van der Waals surface area contributed by atoms with Crippen LogP contribution < -0.4 is 0 Å². The molecular weight excluding hydrogens is 132 g/mol. The number of hydrogen-bond acceptors (Lipinski definition) is 4. The maximum atomic E-state index is 9.26. The molecule has 9 heavy (non-hydrogen) atoms. The van der Waals surface area contributed by atoms with Crippen LogP contribution in [0.1, 0.15) is 4.11 Å². The van der Waals surface area contributed by atoms with Gasteiger partial charge in [-0.15, -0.1) is 0 Å². The van der Waals surface area contributed by atoms with Gasteiger partial charge < -0.3 is 5.48 Å². The molecule has 7 nitrogen and oxygen atoms in total. The molecule has 0 atom stereocenters. The highest BCUT2D eigenvalue weighted by Crippen LogP contribution is 1.40. The molecule has 0 aliphatic carbocycles. The lowest BCUT2D eigenvalue weighted by atomic mass is 11.5. The summed E-state index contributed by atoms with van der Waals surface area (Å²) in [5, 5.41) is 18.1. The highest BCUT2D eigenvalue weighted by Gasteiger charge is 1.57. The zero-order valence-electron chi connectivity index (χ0n) is 9.44. The summed E-state index contributed by atoms with van der Waals surface area (Å²) in [6.07, 6.45) is 0. The van der Waals surface area contributed by atoms with Gasteiger partial charge in [0.05, 0.1) is 0 Å². The maximum absolute atomic E-state index is 9.26. The van der Waals surface area contributed by atoms with E-state index in [0.717, 1.165) is 7.05 Å². The van der Waals surface area contributed by atoms with E-state index in [0.29, 0.717) is 0 Å². The molecule has 0 unspecified atom stereocenters. The summed E-state index contributed by atoms with van der Waals surface area (Å²) in [5.41, 5.74) is 2.75. The predicted molar refractivity (Wildman–Crippen MR) is 29.5 cm³/mol. The van der Waals surface area contributed by atoms with Crippen LogP contribution >= 0.6 is 0 Å². The van der Waals surface area contributed by atoms with Crippen molar-refractivity contribution >= 4 is 0 Å². The molecule has 2 N–H and O–H groups in total.